The Morgan fingerprint density at radius 2 is 1.62 bits per heavy atom. The first-order valence-electron chi connectivity index (χ1n) is 7.07. The van der Waals surface area contributed by atoms with Gasteiger partial charge >= 0.3 is 0 Å². The second kappa shape index (κ2) is 7.50. The summed E-state index contributed by atoms with van der Waals surface area (Å²) in [5, 5.41) is 30.5. The number of aromatic nitrogens is 2. The van der Waals surface area contributed by atoms with E-state index >= 15 is 0 Å². The molecule has 0 aliphatic carbocycles. The highest BCUT2D eigenvalue weighted by atomic mass is 35.5. The maximum Gasteiger partial charge on any atom is 0.277 e. The van der Waals surface area contributed by atoms with Crippen LogP contribution in [0, 0.1) is 20.2 Å². The molecule has 26 heavy (non-hydrogen) atoms. The van der Waals surface area contributed by atoms with Crippen molar-refractivity contribution in [3.05, 3.63) is 73.3 Å². The van der Waals surface area contributed by atoms with Gasteiger partial charge in [-0.25, -0.2) is 0 Å². The lowest BCUT2D eigenvalue weighted by Crippen LogP contribution is -1.95. The molecule has 0 bridgehead atoms. The number of nitrogens with zero attached hydrogens (tertiary/aromatic N) is 4. The van der Waals surface area contributed by atoms with Crippen molar-refractivity contribution in [3.8, 4) is 11.5 Å². The predicted molar refractivity (Wildman–Crippen MR) is 94.1 cm³/mol. The highest BCUT2D eigenvalue weighted by molar-refractivity contribution is 7.98. The van der Waals surface area contributed by atoms with E-state index in [-0.39, 0.29) is 22.4 Å². The predicted octanol–water partition coefficient (Wildman–Crippen LogP) is 4.50. The lowest BCUT2D eigenvalue weighted by molar-refractivity contribution is -0.394. The molecule has 3 rings (SSSR count). The minimum Gasteiger partial charge on any atom is -0.411 e. The fourth-order valence-corrected chi connectivity index (χ4v) is 2.89. The number of hydrogen-bond donors (Lipinski definition) is 0. The number of thioether (sulfide) groups is 1. The second-order valence-electron chi connectivity index (χ2n) is 5.04. The standard InChI is InChI=1S/C15H9ClN4O5S/c16-11-3-1-10(2-4-11)14-17-18-15(25-14)26-8-9-5-12(19(21)22)7-13(6-9)20(23)24/h1-7H,8H2. The zero-order chi connectivity index (χ0) is 18.7. The van der Waals surface area contributed by atoms with Gasteiger partial charge in [0.2, 0.25) is 5.89 Å². The molecule has 0 spiro atoms. The summed E-state index contributed by atoms with van der Waals surface area (Å²) in [5.41, 5.74) is 0.409. The van der Waals surface area contributed by atoms with E-state index in [1.165, 1.54) is 12.1 Å². The van der Waals surface area contributed by atoms with Gasteiger partial charge in [-0.3, -0.25) is 20.2 Å². The maximum atomic E-state index is 10.9. The van der Waals surface area contributed by atoms with E-state index in [0.29, 0.717) is 22.0 Å². The number of halogens is 1. The molecule has 2 aromatic carbocycles. The Kier molecular flexibility index (Phi) is 5.14. The molecule has 0 unspecified atom stereocenters. The van der Waals surface area contributed by atoms with E-state index in [1.54, 1.807) is 24.3 Å². The summed E-state index contributed by atoms with van der Waals surface area (Å²) in [4.78, 5) is 20.5. The van der Waals surface area contributed by atoms with Gasteiger partial charge in [0.25, 0.3) is 16.6 Å². The van der Waals surface area contributed by atoms with Crippen molar-refractivity contribution in [2.24, 2.45) is 0 Å². The molecule has 1 aromatic heterocycles. The Balaban J connectivity index is 1.76. The Labute approximate surface area is 155 Å². The van der Waals surface area contributed by atoms with Gasteiger partial charge in [0, 0.05) is 28.5 Å². The van der Waals surface area contributed by atoms with Crippen LogP contribution >= 0.6 is 23.4 Å². The molecule has 0 aliphatic rings. The Morgan fingerprint density at radius 1 is 1.00 bits per heavy atom. The third-order valence-electron chi connectivity index (χ3n) is 3.24. The Bertz CT molecular complexity index is 944. The molecule has 3 aromatic rings. The van der Waals surface area contributed by atoms with Gasteiger partial charge in [-0.15, -0.1) is 10.2 Å². The highest BCUT2D eigenvalue weighted by Crippen LogP contribution is 2.29. The smallest absolute Gasteiger partial charge is 0.277 e. The largest absolute Gasteiger partial charge is 0.411 e. The van der Waals surface area contributed by atoms with Gasteiger partial charge in [-0.2, -0.15) is 0 Å². The van der Waals surface area contributed by atoms with Crippen molar-refractivity contribution in [2.75, 3.05) is 0 Å². The second-order valence-corrected chi connectivity index (χ2v) is 6.40. The number of non-ortho nitro benzene ring substituents is 2. The summed E-state index contributed by atoms with van der Waals surface area (Å²) in [7, 11) is 0. The molecule has 132 valence electrons. The zero-order valence-corrected chi connectivity index (χ0v) is 14.4. The Morgan fingerprint density at radius 3 is 2.19 bits per heavy atom. The fraction of sp³-hybridized carbons (Fsp3) is 0.0667. The van der Waals surface area contributed by atoms with Crippen LogP contribution in [0.2, 0.25) is 5.02 Å². The molecule has 9 nitrogen and oxygen atoms in total. The summed E-state index contributed by atoms with van der Waals surface area (Å²) in [6.45, 7) is 0. The first-order chi connectivity index (χ1) is 12.4. The topological polar surface area (TPSA) is 125 Å². The van der Waals surface area contributed by atoms with Gasteiger partial charge in [0.05, 0.1) is 15.9 Å². The molecule has 0 radical (unpaired) electrons. The Hall–Kier alpha value is -2.98. The fourth-order valence-electron chi connectivity index (χ4n) is 2.07. The van der Waals surface area contributed by atoms with Crippen molar-refractivity contribution in [1.82, 2.24) is 10.2 Å². The van der Waals surface area contributed by atoms with E-state index in [1.807, 2.05) is 0 Å². The lowest BCUT2D eigenvalue weighted by atomic mass is 10.2. The molecular formula is C15H9ClN4O5S. The molecular weight excluding hydrogens is 384 g/mol. The summed E-state index contributed by atoms with van der Waals surface area (Å²) < 4.78 is 5.52. The number of benzene rings is 2. The molecule has 0 saturated carbocycles. The van der Waals surface area contributed by atoms with Crippen LogP contribution in [-0.2, 0) is 5.75 Å². The first-order valence-corrected chi connectivity index (χ1v) is 8.44. The van der Waals surface area contributed by atoms with E-state index in [4.69, 9.17) is 16.0 Å². The van der Waals surface area contributed by atoms with Crippen LogP contribution in [0.3, 0.4) is 0 Å². The number of nitro groups is 2. The average Bonchev–Trinajstić information content (AvgIpc) is 3.09. The molecule has 0 saturated heterocycles. The molecule has 0 aliphatic heterocycles. The van der Waals surface area contributed by atoms with Gasteiger partial charge in [0.1, 0.15) is 0 Å². The van der Waals surface area contributed by atoms with Gasteiger partial charge in [0.15, 0.2) is 0 Å². The van der Waals surface area contributed by atoms with Crippen LogP contribution < -0.4 is 0 Å². The monoisotopic (exact) mass is 392 g/mol. The quantitative estimate of drug-likeness (QED) is 0.341. The van der Waals surface area contributed by atoms with Crippen molar-refractivity contribution < 1.29 is 14.3 Å². The van der Waals surface area contributed by atoms with Crippen molar-refractivity contribution in [3.63, 3.8) is 0 Å². The molecule has 0 atom stereocenters. The van der Waals surface area contributed by atoms with Crippen LogP contribution in [0.4, 0.5) is 11.4 Å². The van der Waals surface area contributed by atoms with E-state index < -0.39 is 9.85 Å². The van der Waals surface area contributed by atoms with Crippen LogP contribution in [-0.4, -0.2) is 20.0 Å². The lowest BCUT2D eigenvalue weighted by Gasteiger charge is -2.00. The van der Waals surface area contributed by atoms with Gasteiger partial charge < -0.3 is 4.42 Å². The molecule has 0 amide bonds. The molecule has 1 heterocycles. The third-order valence-corrected chi connectivity index (χ3v) is 4.39. The zero-order valence-electron chi connectivity index (χ0n) is 12.9. The first kappa shape index (κ1) is 17.8. The minimum atomic E-state index is -0.674. The van der Waals surface area contributed by atoms with Crippen LogP contribution in [0.1, 0.15) is 5.56 Å². The minimum absolute atomic E-state index is 0.199. The van der Waals surface area contributed by atoms with E-state index in [2.05, 4.69) is 10.2 Å². The van der Waals surface area contributed by atoms with Crippen molar-refractivity contribution in [1.29, 1.82) is 0 Å². The third kappa shape index (κ3) is 4.16. The summed E-state index contributed by atoms with van der Waals surface area (Å²) in [5.74, 6) is 0.499. The molecule has 0 fully saturated rings. The van der Waals surface area contributed by atoms with Crippen LogP contribution in [0.5, 0.6) is 0 Å². The number of rotatable bonds is 6. The summed E-state index contributed by atoms with van der Waals surface area (Å²) in [6, 6.07) is 10.3. The van der Waals surface area contributed by atoms with Crippen molar-refractivity contribution in [2.45, 2.75) is 11.0 Å². The van der Waals surface area contributed by atoms with E-state index in [0.717, 1.165) is 17.8 Å². The highest BCUT2D eigenvalue weighted by Gasteiger charge is 2.17. The van der Waals surface area contributed by atoms with Crippen molar-refractivity contribution >= 4 is 34.7 Å². The SMILES string of the molecule is O=[N+]([O-])c1cc(CSc2nnc(-c3ccc(Cl)cc3)o2)cc([N+](=O)[O-])c1. The maximum absolute atomic E-state index is 10.9. The normalized spacial score (nSPS) is 10.7. The van der Waals surface area contributed by atoms with Crippen LogP contribution in [0.15, 0.2) is 52.1 Å². The summed E-state index contributed by atoms with van der Waals surface area (Å²) >= 11 is 6.95. The molecule has 11 heteroatoms. The average molecular weight is 393 g/mol. The van der Waals surface area contributed by atoms with E-state index in [9.17, 15) is 20.2 Å². The summed E-state index contributed by atoms with van der Waals surface area (Å²) in [6.07, 6.45) is 0. The number of hydrogen-bond acceptors (Lipinski definition) is 8. The number of nitro benzene ring substituents is 2. The van der Waals surface area contributed by atoms with Gasteiger partial charge in [-0.05, 0) is 29.8 Å². The molecule has 0 N–H and O–H groups in total. The van der Waals surface area contributed by atoms with Gasteiger partial charge in [-0.1, -0.05) is 23.4 Å². The van der Waals surface area contributed by atoms with Crippen LogP contribution in [0.25, 0.3) is 11.5 Å².